The van der Waals surface area contributed by atoms with Crippen LogP contribution in [-0.4, -0.2) is 37.6 Å². The maximum Gasteiger partial charge on any atom is 0.0991 e. The summed E-state index contributed by atoms with van der Waals surface area (Å²) < 4.78 is 0. The molecule has 118 valence electrons. The monoisotopic (exact) mass is 297 g/mol. The molecule has 0 aromatic heterocycles. The Hall–Kier alpha value is -1.53. The van der Waals surface area contributed by atoms with Gasteiger partial charge in [0.15, 0.2) is 0 Å². The van der Waals surface area contributed by atoms with E-state index in [-0.39, 0.29) is 0 Å². The molecule has 1 aromatic carbocycles. The highest BCUT2D eigenvalue weighted by Crippen LogP contribution is 2.24. The van der Waals surface area contributed by atoms with Crippen LogP contribution in [0.3, 0.4) is 0 Å². The van der Waals surface area contributed by atoms with Gasteiger partial charge < -0.3 is 4.90 Å². The lowest BCUT2D eigenvalue weighted by Gasteiger charge is -2.37. The molecule has 0 N–H and O–H groups in total. The van der Waals surface area contributed by atoms with Gasteiger partial charge in [0, 0.05) is 38.4 Å². The molecule has 1 aromatic rings. The van der Waals surface area contributed by atoms with Crippen LogP contribution >= 0.6 is 0 Å². The van der Waals surface area contributed by atoms with Gasteiger partial charge >= 0.3 is 0 Å². The smallest absolute Gasteiger partial charge is 0.0991 e. The zero-order chi connectivity index (χ0) is 15.2. The van der Waals surface area contributed by atoms with Gasteiger partial charge in [0.05, 0.1) is 11.6 Å². The molecule has 0 atom stereocenters. The van der Waals surface area contributed by atoms with Crippen molar-refractivity contribution in [2.24, 2.45) is 5.92 Å². The van der Waals surface area contributed by atoms with E-state index >= 15 is 0 Å². The van der Waals surface area contributed by atoms with E-state index in [1.54, 1.807) is 0 Å². The van der Waals surface area contributed by atoms with E-state index in [9.17, 15) is 0 Å². The maximum atomic E-state index is 8.88. The van der Waals surface area contributed by atoms with Crippen molar-refractivity contribution in [3.05, 3.63) is 29.8 Å². The normalized spacial score (nSPS) is 21.3. The molecule has 3 heteroatoms. The minimum atomic E-state index is 0.746. The van der Waals surface area contributed by atoms with Crippen LogP contribution < -0.4 is 4.90 Å². The first-order chi connectivity index (χ1) is 10.8. The first kappa shape index (κ1) is 15.4. The summed E-state index contributed by atoms with van der Waals surface area (Å²) in [5.74, 6) is 0.934. The van der Waals surface area contributed by atoms with Gasteiger partial charge in [-0.25, -0.2) is 0 Å². The van der Waals surface area contributed by atoms with Gasteiger partial charge in [-0.2, -0.15) is 5.26 Å². The molecule has 1 heterocycles. The Labute approximate surface area is 134 Å². The third kappa shape index (κ3) is 4.01. The van der Waals surface area contributed by atoms with Crippen LogP contribution in [0.4, 0.5) is 5.69 Å². The largest absolute Gasteiger partial charge is 0.369 e. The average Bonchev–Trinajstić information content (AvgIpc) is 2.84. The molecule has 1 saturated carbocycles. The molecule has 0 unspecified atom stereocenters. The highest BCUT2D eigenvalue weighted by atomic mass is 15.3. The number of hydrogen-bond donors (Lipinski definition) is 0. The molecule has 0 radical (unpaired) electrons. The number of piperazine rings is 1. The first-order valence-corrected chi connectivity index (χ1v) is 8.82. The standard InChI is InChI=1S/C19H27N3/c20-15-17-7-9-19(10-8-17)22-13-11-21(12-14-22)16-18-5-3-1-2-4-6-18/h7-10,18H,1-6,11-14,16H2. The van der Waals surface area contributed by atoms with Gasteiger partial charge in [0.2, 0.25) is 0 Å². The van der Waals surface area contributed by atoms with E-state index in [0.29, 0.717) is 0 Å². The van der Waals surface area contributed by atoms with Crippen LogP contribution in [0.1, 0.15) is 44.1 Å². The Balaban J connectivity index is 1.48. The molecular weight excluding hydrogens is 270 g/mol. The molecule has 2 fully saturated rings. The predicted molar refractivity (Wildman–Crippen MR) is 91.0 cm³/mol. The molecule has 0 amide bonds. The Bertz CT molecular complexity index is 486. The maximum absolute atomic E-state index is 8.88. The van der Waals surface area contributed by atoms with Crippen LogP contribution in [0, 0.1) is 17.2 Å². The predicted octanol–water partition coefficient (Wildman–Crippen LogP) is 3.65. The fraction of sp³-hybridized carbons (Fsp3) is 0.632. The van der Waals surface area contributed by atoms with Gasteiger partial charge in [0.1, 0.15) is 0 Å². The lowest BCUT2D eigenvalue weighted by atomic mass is 9.99. The fourth-order valence-electron chi connectivity index (χ4n) is 3.85. The highest BCUT2D eigenvalue weighted by Gasteiger charge is 2.21. The van der Waals surface area contributed by atoms with Crippen molar-refractivity contribution >= 4 is 5.69 Å². The summed E-state index contributed by atoms with van der Waals surface area (Å²) in [6, 6.07) is 10.2. The van der Waals surface area contributed by atoms with Gasteiger partial charge in [-0.15, -0.1) is 0 Å². The van der Waals surface area contributed by atoms with E-state index in [2.05, 4.69) is 28.0 Å². The van der Waals surface area contributed by atoms with Crippen molar-refractivity contribution in [1.29, 1.82) is 5.26 Å². The van der Waals surface area contributed by atoms with E-state index in [1.165, 1.54) is 63.8 Å². The Kier molecular flexibility index (Phi) is 5.34. The number of hydrogen-bond acceptors (Lipinski definition) is 3. The topological polar surface area (TPSA) is 30.3 Å². The van der Waals surface area contributed by atoms with Crippen LogP contribution in [-0.2, 0) is 0 Å². The van der Waals surface area contributed by atoms with Crippen molar-refractivity contribution in [2.75, 3.05) is 37.6 Å². The van der Waals surface area contributed by atoms with Crippen molar-refractivity contribution in [3.63, 3.8) is 0 Å². The summed E-state index contributed by atoms with van der Waals surface area (Å²) >= 11 is 0. The summed E-state index contributed by atoms with van der Waals surface area (Å²) in [4.78, 5) is 5.11. The SMILES string of the molecule is N#Cc1ccc(N2CCN(CC3CCCCCC3)CC2)cc1. The summed E-state index contributed by atoms with van der Waals surface area (Å²) in [6.45, 7) is 5.88. The quantitative estimate of drug-likeness (QED) is 0.798. The lowest BCUT2D eigenvalue weighted by molar-refractivity contribution is 0.208. The van der Waals surface area contributed by atoms with E-state index in [1.807, 2.05) is 12.1 Å². The van der Waals surface area contributed by atoms with Gasteiger partial charge in [-0.1, -0.05) is 25.7 Å². The number of rotatable bonds is 3. The average molecular weight is 297 g/mol. The fourth-order valence-corrected chi connectivity index (χ4v) is 3.85. The second-order valence-corrected chi connectivity index (χ2v) is 6.80. The molecule has 0 bridgehead atoms. The van der Waals surface area contributed by atoms with Gasteiger partial charge in [-0.05, 0) is 43.0 Å². The van der Waals surface area contributed by atoms with Gasteiger partial charge in [0.25, 0.3) is 0 Å². The van der Waals surface area contributed by atoms with Crippen LogP contribution in [0.25, 0.3) is 0 Å². The Morgan fingerprint density at radius 3 is 2.14 bits per heavy atom. The van der Waals surface area contributed by atoms with E-state index in [4.69, 9.17) is 5.26 Å². The second-order valence-electron chi connectivity index (χ2n) is 6.80. The summed E-state index contributed by atoms with van der Waals surface area (Å²) in [6.07, 6.45) is 8.66. The number of nitrogens with zero attached hydrogens (tertiary/aromatic N) is 3. The second kappa shape index (κ2) is 7.65. The number of nitriles is 1. The van der Waals surface area contributed by atoms with E-state index in [0.717, 1.165) is 24.6 Å². The third-order valence-electron chi connectivity index (χ3n) is 5.22. The lowest BCUT2D eigenvalue weighted by Crippen LogP contribution is -2.47. The highest BCUT2D eigenvalue weighted by molar-refractivity contribution is 5.50. The van der Waals surface area contributed by atoms with Crippen molar-refractivity contribution in [2.45, 2.75) is 38.5 Å². The summed E-state index contributed by atoms with van der Waals surface area (Å²) in [5.41, 5.74) is 2.00. The Morgan fingerprint density at radius 1 is 0.909 bits per heavy atom. The van der Waals surface area contributed by atoms with Crippen LogP contribution in [0.15, 0.2) is 24.3 Å². The molecule has 22 heavy (non-hydrogen) atoms. The minimum absolute atomic E-state index is 0.746. The van der Waals surface area contributed by atoms with Crippen molar-refractivity contribution < 1.29 is 0 Å². The third-order valence-corrected chi connectivity index (χ3v) is 5.22. The molecular formula is C19H27N3. The number of benzene rings is 1. The summed E-state index contributed by atoms with van der Waals surface area (Å²) in [5, 5.41) is 8.88. The molecule has 1 aliphatic carbocycles. The van der Waals surface area contributed by atoms with Crippen LogP contribution in [0.5, 0.6) is 0 Å². The molecule has 2 aliphatic rings. The first-order valence-electron chi connectivity index (χ1n) is 8.82. The van der Waals surface area contributed by atoms with Gasteiger partial charge in [-0.3, -0.25) is 4.90 Å². The van der Waals surface area contributed by atoms with Crippen molar-refractivity contribution in [3.8, 4) is 6.07 Å². The molecule has 3 nitrogen and oxygen atoms in total. The zero-order valence-corrected chi connectivity index (χ0v) is 13.5. The molecule has 1 saturated heterocycles. The summed E-state index contributed by atoms with van der Waals surface area (Å²) in [7, 11) is 0. The zero-order valence-electron chi connectivity index (χ0n) is 13.5. The van der Waals surface area contributed by atoms with E-state index < -0.39 is 0 Å². The van der Waals surface area contributed by atoms with Crippen molar-refractivity contribution in [1.82, 2.24) is 4.90 Å². The molecule has 3 rings (SSSR count). The van der Waals surface area contributed by atoms with Crippen LogP contribution in [0.2, 0.25) is 0 Å². The molecule has 1 aliphatic heterocycles. The number of anilines is 1. The molecule has 0 spiro atoms. The Morgan fingerprint density at radius 2 is 1.55 bits per heavy atom. The minimum Gasteiger partial charge on any atom is -0.369 e.